The van der Waals surface area contributed by atoms with Gasteiger partial charge in [-0.3, -0.25) is 4.79 Å². The molecule has 1 aromatic carbocycles. The standard InChI is InChI=1S/C18H26O2/c1-3-4-5-15-8-10-16(11-9-15)18(19)20-17-12-6-14(2)7-13-17/h6-7,12-13,15-16H,3-5,8-11H2,1-2H3. The molecule has 1 fully saturated rings. The Morgan fingerprint density at radius 3 is 2.40 bits per heavy atom. The van der Waals surface area contributed by atoms with Crippen LogP contribution in [0.1, 0.15) is 57.4 Å². The van der Waals surface area contributed by atoms with E-state index in [2.05, 4.69) is 6.92 Å². The summed E-state index contributed by atoms with van der Waals surface area (Å²) >= 11 is 0. The van der Waals surface area contributed by atoms with E-state index in [0.717, 1.165) is 18.8 Å². The van der Waals surface area contributed by atoms with Crippen molar-refractivity contribution in [3.63, 3.8) is 0 Å². The zero-order valence-corrected chi connectivity index (χ0v) is 12.7. The second kappa shape index (κ2) is 7.47. The molecule has 2 heteroatoms. The Bertz CT molecular complexity index is 414. The van der Waals surface area contributed by atoms with Crippen LogP contribution in [0.15, 0.2) is 24.3 Å². The van der Waals surface area contributed by atoms with Crippen LogP contribution in [0.25, 0.3) is 0 Å². The highest BCUT2D eigenvalue weighted by Crippen LogP contribution is 2.32. The molecule has 1 aromatic rings. The molecule has 0 radical (unpaired) electrons. The Balaban J connectivity index is 1.78. The van der Waals surface area contributed by atoms with Crippen LogP contribution in [0.2, 0.25) is 0 Å². The van der Waals surface area contributed by atoms with E-state index in [9.17, 15) is 4.79 Å². The van der Waals surface area contributed by atoms with E-state index >= 15 is 0 Å². The summed E-state index contributed by atoms with van der Waals surface area (Å²) in [6.45, 7) is 4.27. The highest BCUT2D eigenvalue weighted by Gasteiger charge is 2.27. The molecule has 20 heavy (non-hydrogen) atoms. The first kappa shape index (κ1) is 15.1. The highest BCUT2D eigenvalue weighted by molar-refractivity contribution is 5.75. The number of unbranched alkanes of at least 4 members (excludes halogenated alkanes) is 1. The first-order chi connectivity index (χ1) is 9.69. The van der Waals surface area contributed by atoms with Crippen LogP contribution in [-0.4, -0.2) is 5.97 Å². The lowest BCUT2D eigenvalue weighted by Crippen LogP contribution is -2.25. The summed E-state index contributed by atoms with van der Waals surface area (Å²) in [5.74, 6) is 1.57. The lowest BCUT2D eigenvalue weighted by molar-refractivity contribution is -0.140. The molecule has 1 aliphatic rings. The fraction of sp³-hybridized carbons (Fsp3) is 0.611. The van der Waals surface area contributed by atoms with Gasteiger partial charge in [-0.2, -0.15) is 0 Å². The highest BCUT2D eigenvalue weighted by atomic mass is 16.5. The molecule has 0 aromatic heterocycles. The molecule has 0 spiro atoms. The van der Waals surface area contributed by atoms with Crippen LogP contribution in [0.5, 0.6) is 5.75 Å². The van der Waals surface area contributed by atoms with E-state index in [4.69, 9.17) is 4.74 Å². The van der Waals surface area contributed by atoms with E-state index in [-0.39, 0.29) is 11.9 Å². The normalized spacial score (nSPS) is 22.5. The van der Waals surface area contributed by atoms with Crippen molar-refractivity contribution in [3.8, 4) is 5.75 Å². The fourth-order valence-corrected chi connectivity index (χ4v) is 2.99. The van der Waals surface area contributed by atoms with Crippen molar-refractivity contribution in [1.82, 2.24) is 0 Å². The van der Waals surface area contributed by atoms with Crippen molar-refractivity contribution in [2.75, 3.05) is 0 Å². The molecule has 0 unspecified atom stereocenters. The average molecular weight is 274 g/mol. The Morgan fingerprint density at radius 2 is 1.80 bits per heavy atom. The van der Waals surface area contributed by atoms with Crippen molar-refractivity contribution < 1.29 is 9.53 Å². The predicted octanol–water partition coefficient (Wildman–Crippen LogP) is 4.90. The number of carbonyl (C=O) groups excluding carboxylic acids is 1. The maximum Gasteiger partial charge on any atom is 0.314 e. The van der Waals surface area contributed by atoms with E-state index in [1.165, 1.54) is 37.7 Å². The number of benzene rings is 1. The SMILES string of the molecule is CCCCC1CCC(C(=O)Oc2ccc(C)cc2)CC1. The van der Waals surface area contributed by atoms with Gasteiger partial charge in [-0.05, 0) is 50.7 Å². The van der Waals surface area contributed by atoms with Crippen molar-refractivity contribution in [3.05, 3.63) is 29.8 Å². The van der Waals surface area contributed by atoms with Crippen LogP contribution in [0.3, 0.4) is 0 Å². The summed E-state index contributed by atoms with van der Waals surface area (Å²) in [5, 5.41) is 0. The fourth-order valence-electron chi connectivity index (χ4n) is 2.99. The minimum absolute atomic E-state index is 0.0391. The van der Waals surface area contributed by atoms with Crippen molar-refractivity contribution in [1.29, 1.82) is 0 Å². The largest absolute Gasteiger partial charge is 0.426 e. The lowest BCUT2D eigenvalue weighted by atomic mass is 9.80. The van der Waals surface area contributed by atoms with Gasteiger partial charge in [-0.1, -0.05) is 43.9 Å². The van der Waals surface area contributed by atoms with E-state index in [1.54, 1.807) is 0 Å². The van der Waals surface area contributed by atoms with Gasteiger partial charge in [0.25, 0.3) is 0 Å². The molecule has 2 nitrogen and oxygen atoms in total. The summed E-state index contributed by atoms with van der Waals surface area (Å²) in [7, 11) is 0. The second-order valence-electron chi connectivity index (χ2n) is 6.09. The molecule has 110 valence electrons. The van der Waals surface area contributed by atoms with Crippen LogP contribution in [0, 0.1) is 18.8 Å². The predicted molar refractivity (Wildman–Crippen MR) is 81.8 cm³/mol. The van der Waals surface area contributed by atoms with Crippen molar-refractivity contribution in [2.24, 2.45) is 11.8 Å². The molecular weight excluding hydrogens is 248 g/mol. The van der Waals surface area contributed by atoms with E-state index in [1.807, 2.05) is 31.2 Å². The molecule has 1 saturated carbocycles. The quantitative estimate of drug-likeness (QED) is 0.564. The molecule has 0 heterocycles. The summed E-state index contributed by atoms with van der Waals surface area (Å²) in [4.78, 5) is 12.2. The summed E-state index contributed by atoms with van der Waals surface area (Å²) in [6.07, 6.45) is 8.30. The first-order valence-corrected chi connectivity index (χ1v) is 7.97. The number of hydrogen-bond donors (Lipinski definition) is 0. The van der Waals surface area contributed by atoms with E-state index in [0.29, 0.717) is 5.75 Å². The van der Waals surface area contributed by atoms with Gasteiger partial charge in [-0.15, -0.1) is 0 Å². The Kier molecular flexibility index (Phi) is 5.63. The molecule has 2 rings (SSSR count). The van der Waals surface area contributed by atoms with Gasteiger partial charge in [0.05, 0.1) is 5.92 Å². The van der Waals surface area contributed by atoms with Crippen molar-refractivity contribution in [2.45, 2.75) is 58.8 Å². The molecule has 0 bridgehead atoms. The van der Waals surface area contributed by atoms with Gasteiger partial charge in [0.15, 0.2) is 0 Å². The second-order valence-corrected chi connectivity index (χ2v) is 6.09. The number of aryl methyl sites for hydroxylation is 1. The summed E-state index contributed by atoms with van der Waals surface area (Å²) < 4.78 is 5.49. The molecule has 0 amide bonds. The van der Waals surface area contributed by atoms with Crippen molar-refractivity contribution >= 4 is 5.97 Å². The van der Waals surface area contributed by atoms with Crippen LogP contribution in [0.4, 0.5) is 0 Å². The number of ether oxygens (including phenoxy) is 1. The van der Waals surface area contributed by atoms with Gasteiger partial charge < -0.3 is 4.74 Å². The van der Waals surface area contributed by atoms with Gasteiger partial charge in [0, 0.05) is 0 Å². The topological polar surface area (TPSA) is 26.3 Å². The number of esters is 1. The zero-order valence-electron chi connectivity index (χ0n) is 12.7. The van der Waals surface area contributed by atoms with Crippen LogP contribution in [-0.2, 0) is 4.79 Å². The molecule has 1 aliphatic carbocycles. The lowest BCUT2D eigenvalue weighted by Gasteiger charge is -2.27. The Labute approximate surface area is 122 Å². The molecule has 0 aliphatic heterocycles. The Morgan fingerprint density at radius 1 is 1.15 bits per heavy atom. The minimum Gasteiger partial charge on any atom is -0.426 e. The number of carbonyl (C=O) groups is 1. The summed E-state index contributed by atoms with van der Waals surface area (Å²) in [6, 6.07) is 7.70. The third-order valence-electron chi connectivity index (χ3n) is 4.39. The maximum atomic E-state index is 12.2. The van der Waals surface area contributed by atoms with Crippen LogP contribution < -0.4 is 4.74 Å². The zero-order chi connectivity index (χ0) is 14.4. The molecule has 0 atom stereocenters. The van der Waals surface area contributed by atoms with Crippen LogP contribution >= 0.6 is 0 Å². The first-order valence-electron chi connectivity index (χ1n) is 7.97. The van der Waals surface area contributed by atoms with Gasteiger partial charge in [0.1, 0.15) is 5.75 Å². The van der Waals surface area contributed by atoms with Gasteiger partial charge in [-0.25, -0.2) is 0 Å². The molecule has 0 saturated heterocycles. The monoisotopic (exact) mass is 274 g/mol. The van der Waals surface area contributed by atoms with Gasteiger partial charge in [0.2, 0.25) is 0 Å². The smallest absolute Gasteiger partial charge is 0.314 e. The third kappa shape index (κ3) is 4.36. The minimum atomic E-state index is -0.0391. The summed E-state index contributed by atoms with van der Waals surface area (Å²) in [5.41, 5.74) is 1.18. The van der Waals surface area contributed by atoms with Gasteiger partial charge >= 0.3 is 5.97 Å². The Hall–Kier alpha value is -1.31. The number of hydrogen-bond acceptors (Lipinski definition) is 2. The van der Waals surface area contributed by atoms with E-state index < -0.39 is 0 Å². The third-order valence-corrected chi connectivity index (χ3v) is 4.39. The number of rotatable bonds is 5. The average Bonchev–Trinajstić information content (AvgIpc) is 2.48. The molecule has 0 N–H and O–H groups in total. The molecular formula is C18H26O2. The maximum absolute atomic E-state index is 12.2.